The zero-order valence-electron chi connectivity index (χ0n) is 17.7. The highest BCUT2D eigenvalue weighted by Gasteiger charge is 2.18. The zero-order valence-corrected chi connectivity index (χ0v) is 18.5. The molecule has 160 valence electrons. The van der Waals surface area contributed by atoms with Crippen LogP contribution >= 0.6 is 0 Å². The normalized spacial score (nSPS) is 11.7. The quantitative estimate of drug-likeness (QED) is 0.475. The number of nitrogens with zero attached hydrogens (tertiary/aromatic N) is 4. The van der Waals surface area contributed by atoms with Crippen LogP contribution in [-0.4, -0.2) is 40.6 Å². The molecule has 3 aromatic heterocycles. The van der Waals surface area contributed by atoms with Crippen molar-refractivity contribution in [2.24, 2.45) is 14.1 Å². The van der Waals surface area contributed by atoms with E-state index in [9.17, 15) is 13.2 Å². The van der Waals surface area contributed by atoms with Crippen molar-refractivity contribution in [2.45, 2.75) is 11.8 Å². The minimum atomic E-state index is -3.43. The Hall–Kier alpha value is -3.46. The lowest BCUT2D eigenvalue weighted by Gasteiger charge is -2.15. The summed E-state index contributed by atoms with van der Waals surface area (Å²) in [6.45, 7) is 2.27. The number of aromatic nitrogens is 4. The molecule has 0 radical (unpaired) electrons. The molecule has 3 heterocycles. The summed E-state index contributed by atoms with van der Waals surface area (Å²) in [5.74, 6) is 0.537. The third kappa shape index (κ3) is 3.84. The first kappa shape index (κ1) is 20.8. The number of pyridine rings is 2. The molecule has 9 heteroatoms. The Labute approximate surface area is 179 Å². The van der Waals surface area contributed by atoms with Crippen molar-refractivity contribution in [3.63, 3.8) is 0 Å². The van der Waals surface area contributed by atoms with Gasteiger partial charge < -0.3 is 9.30 Å². The molecule has 0 aliphatic carbocycles. The Morgan fingerprint density at radius 3 is 2.45 bits per heavy atom. The minimum Gasteiger partial charge on any atom is -0.493 e. The van der Waals surface area contributed by atoms with Gasteiger partial charge in [0.05, 0.1) is 28.8 Å². The van der Waals surface area contributed by atoms with Crippen LogP contribution in [0.2, 0.25) is 0 Å². The molecule has 0 atom stereocenters. The van der Waals surface area contributed by atoms with Crippen LogP contribution in [0.15, 0.2) is 58.7 Å². The highest BCUT2D eigenvalue weighted by molar-refractivity contribution is 7.90. The van der Waals surface area contributed by atoms with Gasteiger partial charge in [0.25, 0.3) is 5.56 Å². The molecular formula is C22H22N4O4S. The maximum absolute atomic E-state index is 12.8. The van der Waals surface area contributed by atoms with Gasteiger partial charge in [-0.3, -0.25) is 14.5 Å². The summed E-state index contributed by atoms with van der Waals surface area (Å²) < 4.78 is 33.3. The summed E-state index contributed by atoms with van der Waals surface area (Å²) in [7, 11) is 0.0376. The number of ether oxygens (including phenoxy) is 1. The Balaban J connectivity index is 2.07. The minimum absolute atomic E-state index is 0.175. The summed E-state index contributed by atoms with van der Waals surface area (Å²) in [6.07, 6.45) is 7.94. The largest absolute Gasteiger partial charge is 0.493 e. The summed E-state index contributed by atoms with van der Waals surface area (Å²) in [5, 5.41) is 5.27. The molecule has 0 fully saturated rings. The number of aryl methyl sites for hydroxylation is 2. The lowest BCUT2D eigenvalue weighted by molar-refractivity contribution is 0.341. The second-order valence-electron chi connectivity index (χ2n) is 7.34. The van der Waals surface area contributed by atoms with Crippen LogP contribution in [0.5, 0.6) is 5.75 Å². The van der Waals surface area contributed by atoms with Gasteiger partial charge in [-0.1, -0.05) is 0 Å². The molecule has 0 unspecified atom stereocenters. The second-order valence-corrected chi connectivity index (χ2v) is 9.36. The van der Waals surface area contributed by atoms with Gasteiger partial charge in [-0.15, -0.1) is 0 Å². The van der Waals surface area contributed by atoms with E-state index in [1.54, 1.807) is 42.5 Å². The lowest BCUT2D eigenvalue weighted by atomic mass is 9.99. The molecule has 8 nitrogen and oxygen atoms in total. The fraction of sp³-hybridized carbons (Fsp3) is 0.227. The first-order valence-corrected chi connectivity index (χ1v) is 11.5. The summed E-state index contributed by atoms with van der Waals surface area (Å²) in [6, 6.07) is 6.58. The second kappa shape index (κ2) is 7.66. The SMILES string of the molecule is CCOc1ccc(S(C)(=O)=O)cc1-c1cn(C)c(=O)c2cnc(-c3cnn(C)c3)cc12. The van der Waals surface area contributed by atoms with Crippen LogP contribution in [0.3, 0.4) is 0 Å². The van der Waals surface area contributed by atoms with Crippen molar-refractivity contribution in [1.29, 1.82) is 0 Å². The number of benzene rings is 1. The van der Waals surface area contributed by atoms with Crippen LogP contribution in [0.4, 0.5) is 0 Å². The molecule has 4 rings (SSSR count). The Morgan fingerprint density at radius 2 is 1.81 bits per heavy atom. The van der Waals surface area contributed by atoms with E-state index in [4.69, 9.17) is 4.74 Å². The fourth-order valence-corrected chi connectivity index (χ4v) is 4.17. The Kier molecular flexibility index (Phi) is 5.14. The van der Waals surface area contributed by atoms with E-state index in [0.717, 1.165) is 11.8 Å². The van der Waals surface area contributed by atoms with Gasteiger partial charge in [-0.2, -0.15) is 5.10 Å². The average Bonchev–Trinajstić information content (AvgIpc) is 3.16. The van der Waals surface area contributed by atoms with Gasteiger partial charge in [-0.25, -0.2) is 8.42 Å². The van der Waals surface area contributed by atoms with Crippen LogP contribution in [-0.2, 0) is 23.9 Å². The summed E-state index contributed by atoms with van der Waals surface area (Å²) in [5.41, 5.74) is 2.55. The number of rotatable bonds is 5. The molecule has 1 aromatic carbocycles. The molecule has 0 saturated carbocycles. The number of fused-ring (bicyclic) bond motifs is 1. The molecular weight excluding hydrogens is 416 g/mol. The number of sulfone groups is 1. The average molecular weight is 439 g/mol. The predicted molar refractivity (Wildman–Crippen MR) is 119 cm³/mol. The summed E-state index contributed by atoms with van der Waals surface area (Å²) >= 11 is 0. The van der Waals surface area contributed by atoms with E-state index >= 15 is 0 Å². The molecule has 0 amide bonds. The van der Waals surface area contributed by atoms with Crippen molar-refractivity contribution in [3.8, 4) is 28.1 Å². The van der Waals surface area contributed by atoms with Gasteiger partial charge in [-0.05, 0) is 31.2 Å². The van der Waals surface area contributed by atoms with Crippen molar-refractivity contribution < 1.29 is 13.2 Å². The van der Waals surface area contributed by atoms with E-state index < -0.39 is 9.84 Å². The predicted octanol–water partition coefficient (Wildman–Crippen LogP) is 2.80. The van der Waals surface area contributed by atoms with Gasteiger partial charge in [0.1, 0.15) is 5.75 Å². The number of hydrogen-bond acceptors (Lipinski definition) is 6. The molecule has 0 N–H and O–H groups in total. The van der Waals surface area contributed by atoms with Crippen molar-refractivity contribution in [2.75, 3.05) is 12.9 Å². The maximum atomic E-state index is 12.8. The maximum Gasteiger partial charge on any atom is 0.259 e. The van der Waals surface area contributed by atoms with Crippen LogP contribution in [0.1, 0.15) is 6.92 Å². The first-order chi connectivity index (χ1) is 14.7. The van der Waals surface area contributed by atoms with E-state index in [-0.39, 0.29) is 10.5 Å². The molecule has 0 saturated heterocycles. The monoisotopic (exact) mass is 438 g/mol. The standard InChI is InChI=1S/C22H22N4O4S/c1-5-30-21-7-6-15(31(4,28)29)8-17(21)19-13-25(2)22(27)18-11-23-20(9-16(18)19)14-10-24-26(3)12-14/h6-13H,5H2,1-4H3. The van der Waals surface area contributed by atoms with E-state index in [0.29, 0.717) is 39.9 Å². The van der Waals surface area contributed by atoms with Gasteiger partial charge in [0.15, 0.2) is 9.84 Å². The third-order valence-corrected chi connectivity index (χ3v) is 6.15. The Bertz CT molecular complexity index is 1470. The van der Waals surface area contributed by atoms with Crippen molar-refractivity contribution >= 4 is 20.6 Å². The van der Waals surface area contributed by atoms with Crippen molar-refractivity contribution in [1.82, 2.24) is 19.3 Å². The fourth-order valence-electron chi connectivity index (χ4n) is 3.52. The van der Waals surface area contributed by atoms with Crippen molar-refractivity contribution in [3.05, 3.63) is 59.4 Å². The zero-order chi connectivity index (χ0) is 22.3. The molecule has 0 aliphatic heterocycles. The topological polar surface area (TPSA) is 96.1 Å². The van der Waals surface area contributed by atoms with Crippen LogP contribution < -0.4 is 10.3 Å². The Morgan fingerprint density at radius 1 is 1.03 bits per heavy atom. The highest BCUT2D eigenvalue weighted by atomic mass is 32.2. The smallest absolute Gasteiger partial charge is 0.259 e. The number of hydrogen-bond donors (Lipinski definition) is 0. The van der Waals surface area contributed by atoms with Crippen LogP contribution in [0.25, 0.3) is 33.2 Å². The van der Waals surface area contributed by atoms with E-state index in [2.05, 4.69) is 10.1 Å². The van der Waals surface area contributed by atoms with Gasteiger partial charge in [0, 0.05) is 61.0 Å². The third-order valence-electron chi connectivity index (χ3n) is 5.04. The molecule has 4 aromatic rings. The van der Waals surface area contributed by atoms with Crippen LogP contribution in [0, 0.1) is 0 Å². The van der Waals surface area contributed by atoms with E-state index in [1.807, 2.05) is 26.2 Å². The molecule has 0 spiro atoms. The first-order valence-electron chi connectivity index (χ1n) is 9.64. The van der Waals surface area contributed by atoms with E-state index in [1.165, 1.54) is 10.6 Å². The lowest BCUT2D eigenvalue weighted by Crippen LogP contribution is -2.17. The molecule has 0 bridgehead atoms. The molecule has 0 aliphatic rings. The van der Waals surface area contributed by atoms with Gasteiger partial charge >= 0.3 is 0 Å². The molecule has 31 heavy (non-hydrogen) atoms. The van der Waals surface area contributed by atoms with Gasteiger partial charge in [0.2, 0.25) is 0 Å². The highest BCUT2D eigenvalue weighted by Crippen LogP contribution is 2.36. The summed E-state index contributed by atoms with van der Waals surface area (Å²) in [4.78, 5) is 17.4.